The highest BCUT2D eigenvalue weighted by Crippen LogP contribution is 2.04. The van der Waals surface area contributed by atoms with E-state index < -0.39 is 17.9 Å². The van der Waals surface area contributed by atoms with Gasteiger partial charge in [-0.2, -0.15) is 0 Å². The van der Waals surface area contributed by atoms with Crippen LogP contribution >= 0.6 is 11.6 Å². The largest absolute Gasteiger partial charge is 0.480 e. The number of rotatable bonds is 7. The molecule has 4 aromatic heterocycles. The van der Waals surface area contributed by atoms with Gasteiger partial charge in [0.2, 0.25) is 17.6 Å². The number of aromatic carboxylic acids is 1. The van der Waals surface area contributed by atoms with Crippen LogP contribution in [0.2, 0.25) is 5.15 Å². The normalized spacial score (nSPS) is 8.96. The third-order valence-electron chi connectivity index (χ3n) is 4.50. The maximum absolute atomic E-state index is 10.8. The van der Waals surface area contributed by atoms with Crippen molar-refractivity contribution in [2.45, 2.75) is 6.92 Å². The number of hydrogen-bond acceptors (Lipinski definition) is 18. The average Bonchev–Trinajstić information content (AvgIpc) is 3.13. The summed E-state index contributed by atoms with van der Waals surface area (Å²) in [6, 6.07) is 0. The number of ether oxygens (including phenoxy) is 5. The van der Waals surface area contributed by atoms with E-state index in [1.54, 1.807) is 0 Å². The number of Topliss-reactive ketones (excluding diaryl/α,β-unsaturated/α-hetero) is 1. The van der Waals surface area contributed by atoms with Gasteiger partial charge in [0.05, 0.1) is 85.1 Å². The van der Waals surface area contributed by atoms with Crippen molar-refractivity contribution >= 4 is 35.3 Å². The molecule has 0 aliphatic carbocycles. The number of halogens is 1. The summed E-state index contributed by atoms with van der Waals surface area (Å²) in [7, 11) is 7.97. The Bertz CT molecular complexity index is 1450. The number of aromatic nitrogens is 8. The Balaban J connectivity index is 0.000000590. The molecule has 252 valence electrons. The third-order valence-corrected chi connectivity index (χ3v) is 4.70. The van der Waals surface area contributed by atoms with Crippen molar-refractivity contribution in [1.29, 1.82) is 0 Å². The minimum Gasteiger partial charge on any atom is -0.480 e. The fraction of sp³-hybridized carbons (Fsp3) is 0.259. The standard InChI is InChI=1S/C7H8N2O3.C7H8N2O2.C6H5ClN2O2.C6H6N2O3.CH4O/c1-11-6-4-8-5(3-9-6)7(10)12-2;1-5(10)6-3-9-7(11-2)4-8-6;1-11-6(10)4-2-9-5(7)3-8-4;1-11-5-3-7-4(2-8-5)6(9)10;1-2/h3-4H,1-2H3;3-4H,1-2H3;2-3H,1H3;2-3H,1H3,(H,9,10);2H,1H3. The van der Waals surface area contributed by atoms with Crippen LogP contribution in [-0.4, -0.2) is 116 Å². The lowest BCUT2D eigenvalue weighted by atomic mass is 10.3. The molecule has 2 N–H and O–H groups in total. The zero-order valence-electron chi connectivity index (χ0n) is 26.1. The maximum atomic E-state index is 10.8. The third kappa shape index (κ3) is 16.1. The topological polar surface area (TPSA) is 258 Å². The molecule has 0 saturated heterocycles. The molecule has 0 spiro atoms. The fourth-order valence-electron chi connectivity index (χ4n) is 2.29. The highest BCUT2D eigenvalue weighted by molar-refractivity contribution is 6.29. The van der Waals surface area contributed by atoms with Crippen LogP contribution < -0.4 is 14.2 Å². The molecular weight excluding hydrogens is 648 g/mol. The molecule has 20 heteroatoms. The molecule has 4 heterocycles. The Kier molecular flexibility index (Phi) is 20.5. The first-order valence-electron chi connectivity index (χ1n) is 12.4. The van der Waals surface area contributed by atoms with Crippen LogP contribution in [-0.2, 0) is 9.47 Å². The van der Waals surface area contributed by atoms with E-state index >= 15 is 0 Å². The van der Waals surface area contributed by atoms with Crippen LogP contribution in [0.25, 0.3) is 0 Å². The molecule has 0 fully saturated rings. The number of carboxylic acids is 1. The first-order chi connectivity index (χ1) is 22.5. The number of esters is 2. The smallest absolute Gasteiger partial charge is 0.358 e. The van der Waals surface area contributed by atoms with Crippen molar-refractivity contribution in [2.75, 3.05) is 42.7 Å². The number of carbonyl (C=O) groups is 4. The second-order valence-electron chi connectivity index (χ2n) is 7.40. The fourth-order valence-corrected chi connectivity index (χ4v) is 2.39. The molecule has 0 aromatic carbocycles. The number of methoxy groups -OCH3 is 5. The van der Waals surface area contributed by atoms with Crippen LogP contribution in [0.3, 0.4) is 0 Å². The highest BCUT2D eigenvalue weighted by atomic mass is 35.5. The molecule has 4 rings (SSSR count). The first kappa shape index (κ1) is 41.0. The molecule has 0 amide bonds. The lowest BCUT2D eigenvalue weighted by Crippen LogP contribution is -2.04. The van der Waals surface area contributed by atoms with Crippen molar-refractivity contribution < 1.29 is 53.1 Å². The molecule has 19 nitrogen and oxygen atoms in total. The van der Waals surface area contributed by atoms with E-state index in [9.17, 15) is 19.2 Å². The summed E-state index contributed by atoms with van der Waals surface area (Å²) >= 11 is 5.43. The van der Waals surface area contributed by atoms with Crippen LogP contribution in [0.5, 0.6) is 17.6 Å². The molecule has 0 aliphatic heterocycles. The van der Waals surface area contributed by atoms with Crippen molar-refractivity contribution in [3.05, 3.63) is 77.5 Å². The second kappa shape index (κ2) is 23.4. The van der Waals surface area contributed by atoms with Gasteiger partial charge >= 0.3 is 17.9 Å². The van der Waals surface area contributed by atoms with Gasteiger partial charge in [-0.15, -0.1) is 0 Å². The predicted molar refractivity (Wildman–Crippen MR) is 161 cm³/mol. The van der Waals surface area contributed by atoms with Crippen molar-refractivity contribution in [2.24, 2.45) is 0 Å². The monoisotopic (exact) mass is 678 g/mol. The van der Waals surface area contributed by atoms with E-state index in [-0.39, 0.29) is 28.0 Å². The van der Waals surface area contributed by atoms with Crippen LogP contribution in [0.1, 0.15) is 48.9 Å². The molecule has 0 aliphatic rings. The number of ketones is 1. The molecule has 0 saturated carbocycles. The summed E-state index contributed by atoms with van der Waals surface area (Å²) in [6.07, 6.45) is 10.4. The summed E-state index contributed by atoms with van der Waals surface area (Å²) in [5, 5.41) is 15.7. The summed E-state index contributed by atoms with van der Waals surface area (Å²) < 4.78 is 23.0. The number of aliphatic hydroxyl groups excluding tert-OH is 1. The minimum atomic E-state index is -1.10. The van der Waals surface area contributed by atoms with Crippen molar-refractivity contribution in [1.82, 2.24) is 39.9 Å². The van der Waals surface area contributed by atoms with Gasteiger partial charge in [-0.25, -0.2) is 54.3 Å². The lowest BCUT2D eigenvalue weighted by Gasteiger charge is -1.98. The number of carbonyl (C=O) groups excluding carboxylic acids is 3. The van der Waals surface area contributed by atoms with Crippen LogP contribution in [0, 0.1) is 0 Å². The summed E-state index contributed by atoms with van der Waals surface area (Å²) in [4.78, 5) is 72.3. The van der Waals surface area contributed by atoms with E-state index in [4.69, 9.17) is 31.3 Å². The van der Waals surface area contributed by atoms with Gasteiger partial charge in [-0.3, -0.25) is 4.79 Å². The van der Waals surface area contributed by atoms with E-state index in [1.165, 1.54) is 85.9 Å². The van der Waals surface area contributed by atoms with Crippen LogP contribution in [0.4, 0.5) is 0 Å². The van der Waals surface area contributed by atoms with Gasteiger partial charge < -0.3 is 33.9 Å². The van der Waals surface area contributed by atoms with Gasteiger partial charge in [0, 0.05) is 14.0 Å². The number of carboxylic acid groups (broad SMARTS) is 1. The average molecular weight is 679 g/mol. The number of aliphatic hydroxyl groups is 1. The Labute approximate surface area is 273 Å². The number of hydrogen-bond donors (Lipinski definition) is 2. The maximum Gasteiger partial charge on any atom is 0.358 e. The molecule has 0 unspecified atom stereocenters. The molecule has 4 aromatic rings. The number of nitrogens with zero attached hydrogens (tertiary/aromatic N) is 8. The van der Waals surface area contributed by atoms with E-state index in [0.717, 1.165) is 13.3 Å². The van der Waals surface area contributed by atoms with Gasteiger partial charge in [-0.05, 0) is 0 Å². The quantitative estimate of drug-likeness (QED) is 0.208. The van der Waals surface area contributed by atoms with E-state index in [1.807, 2.05) is 0 Å². The van der Waals surface area contributed by atoms with Gasteiger partial charge in [0.25, 0.3) is 0 Å². The van der Waals surface area contributed by atoms with Crippen molar-refractivity contribution in [3.63, 3.8) is 0 Å². The molecule has 0 bridgehead atoms. The Morgan fingerprint density at radius 1 is 0.532 bits per heavy atom. The summed E-state index contributed by atoms with van der Waals surface area (Å²) in [5.74, 6) is -1.15. The first-order valence-corrected chi connectivity index (χ1v) is 12.8. The summed E-state index contributed by atoms with van der Waals surface area (Å²) in [5.41, 5.74) is 0.576. The molecule has 0 atom stereocenters. The van der Waals surface area contributed by atoms with Gasteiger partial charge in [0.1, 0.15) is 10.8 Å². The van der Waals surface area contributed by atoms with Gasteiger partial charge in [-0.1, -0.05) is 11.6 Å². The SMILES string of the molecule is CO.COC(=O)c1cnc(Cl)cn1.COC(=O)c1cnc(OC)cn1.COc1cnc(C(=O)O)cn1.COc1cnc(C(C)=O)cn1. The molecule has 0 radical (unpaired) electrons. The molecule has 47 heavy (non-hydrogen) atoms. The van der Waals surface area contributed by atoms with E-state index in [0.29, 0.717) is 23.3 Å². The van der Waals surface area contributed by atoms with Gasteiger partial charge in [0.15, 0.2) is 22.9 Å². The molecular formula is C27H31ClN8O11. The Morgan fingerprint density at radius 2 is 0.872 bits per heavy atom. The Hall–Kier alpha value is -5.95. The predicted octanol–water partition coefficient (Wildman–Crippen LogP) is 1.67. The zero-order valence-corrected chi connectivity index (χ0v) is 26.9. The minimum absolute atomic E-state index is 0.0919. The zero-order chi connectivity index (χ0) is 35.8. The lowest BCUT2D eigenvalue weighted by molar-refractivity contribution is 0.0584. The van der Waals surface area contributed by atoms with Crippen molar-refractivity contribution in [3.8, 4) is 17.6 Å². The Morgan fingerprint density at radius 3 is 1.13 bits per heavy atom. The van der Waals surface area contributed by atoms with E-state index in [2.05, 4.69) is 54.1 Å². The highest BCUT2D eigenvalue weighted by Gasteiger charge is 2.07. The second-order valence-corrected chi connectivity index (χ2v) is 7.79. The summed E-state index contributed by atoms with van der Waals surface area (Å²) in [6.45, 7) is 1.44. The van der Waals surface area contributed by atoms with Crippen LogP contribution in [0.15, 0.2) is 49.6 Å².